The number of rotatable bonds is 10. The van der Waals surface area contributed by atoms with Crippen molar-refractivity contribution in [3.63, 3.8) is 0 Å². The quantitative estimate of drug-likeness (QED) is 0.100. The number of aromatic amines is 1. The molecule has 0 bridgehead atoms. The minimum atomic E-state index is -1.59. The smallest absolute Gasteiger partial charge is 0.364 e. The Balaban J connectivity index is 1.39. The molecule has 17 heteroatoms. The summed E-state index contributed by atoms with van der Waals surface area (Å²) in [6, 6.07) is 8.11. The number of nitrogens with zero attached hydrogens (tertiary/aromatic N) is 4. The maximum atomic E-state index is 13.1. The number of aliphatic hydroxyl groups excluding tert-OH is 1. The van der Waals surface area contributed by atoms with Crippen molar-refractivity contribution < 1.29 is 34.5 Å². The van der Waals surface area contributed by atoms with E-state index in [1.807, 2.05) is 0 Å². The molecule has 2 aliphatic heterocycles. The van der Waals surface area contributed by atoms with Crippen LogP contribution in [-0.2, 0) is 19.2 Å². The van der Waals surface area contributed by atoms with Crippen molar-refractivity contribution in [2.75, 3.05) is 11.5 Å². The highest BCUT2D eigenvalue weighted by Gasteiger charge is 2.55. The number of carboxylic acid groups (broad SMARTS) is 2. The van der Waals surface area contributed by atoms with Crippen LogP contribution in [-0.4, -0.2) is 86.2 Å². The number of aliphatic hydroxyl groups is 1. The highest BCUT2D eigenvalue weighted by Crippen LogP contribution is 2.44. The van der Waals surface area contributed by atoms with Gasteiger partial charge in [-0.05, 0) is 41.8 Å². The van der Waals surface area contributed by atoms with Gasteiger partial charge in [0.15, 0.2) is 11.8 Å². The van der Waals surface area contributed by atoms with Crippen LogP contribution in [0.5, 0.6) is 0 Å². The number of nitrogens with one attached hydrogen (secondary N) is 2. The van der Waals surface area contributed by atoms with Crippen LogP contribution >= 0.6 is 23.5 Å². The second kappa shape index (κ2) is 11.3. The van der Waals surface area contributed by atoms with Gasteiger partial charge in [-0.25, -0.2) is 14.7 Å². The number of carbonyl (C=O) groups is 4. The van der Waals surface area contributed by atoms with Crippen molar-refractivity contribution in [2.45, 2.75) is 40.6 Å². The van der Waals surface area contributed by atoms with Crippen LogP contribution in [0.2, 0.25) is 0 Å². The molecule has 1 fully saturated rings. The maximum Gasteiger partial charge on any atom is 0.364 e. The largest absolute Gasteiger partial charge is 0.481 e. The number of aromatic nitrogens is 4. The number of hydrogen-bond donors (Lipinski definition) is 6. The van der Waals surface area contributed by atoms with Crippen LogP contribution in [0, 0.1) is 0 Å². The summed E-state index contributed by atoms with van der Waals surface area (Å²) in [5, 5.41) is 41.5. The number of benzene rings is 1. The number of nitrogens with two attached hydrogens (primary N) is 1. The number of thioether (sulfide) groups is 2. The van der Waals surface area contributed by atoms with E-state index in [1.165, 1.54) is 30.0 Å². The van der Waals surface area contributed by atoms with E-state index in [0.29, 0.717) is 16.3 Å². The topological polar surface area (TPSA) is 233 Å². The SMILES string of the molecule is Nc1cccc(C(O)C(=O)NC2C(=O)N3C(C(=O)O)=C(C(CCC(=O)O)Sc4ccc5n[nH]c(=O)n5n4)CS[C@@H]23)c1. The lowest BCUT2D eigenvalue weighted by molar-refractivity contribution is -0.151. The van der Waals surface area contributed by atoms with Gasteiger partial charge >= 0.3 is 17.6 Å². The zero-order chi connectivity index (χ0) is 29.4. The first kappa shape index (κ1) is 28.2. The first-order valence-electron chi connectivity index (χ1n) is 12.1. The lowest BCUT2D eigenvalue weighted by Crippen LogP contribution is -2.71. The van der Waals surface area contributed by atoms with Crippen LogP contribution in [0.1, 0.15) is 24.5 Å². The molecule has 2 aliphatic rings. The molecule has 5 rings (SSSR count). The van der Waals surface area contributed by atoms with Crippen molar-refractivity contribution in [3.8, 4) is 0 Å². The van der Waals surface area contributed by atoms with E-state index in [1.54, 1.807) is 18.2 Å². The molecule has 214 valence electrons. The van der Waals surface area contributed by atoms with E-state index in [9.17, 15) is 39.3 Å². The number of fused-ring (bicyclic) bond motifs is 2. The number of nitrogen functional groups attached to an aromatic ring is 1. The summed E-state index contributed by atoms with van der Waals surface area (Å²) in [6.07, 6.45) is -1.86. The fourth-order valence-electron chi connectivity index (χ4n) is 4.56. The fraction of sp³-hybridized carbons (Fsp3) is 0.292. The average Bonchev–Trinajstić information content (AvgIpc) is 3.32. The van der Waals surface area contributed by atoms with E-state index in [2.05, 4.69) is 20.6 Å². The monoisotopic (exact) mass is 601 g/mol. The van der Waals surface area contributed by atoms with Crippen LogP contribution in [0.15, 0.2) is 57.5 Å². The molecule has 3 unspecified atom stereocenters. The maximum absolute atomic E-state index is 13.1. The van der Waals surface area contributed by atoms with E-state index >= 15 is 0 Å². The van der Waals surface area contributed by atoms with Crippen molar-refractivity contribution in [2.24, 2.45) is 0 Å². The second-order valence-electron chi connectivity index (χ2n) is 9.16. The molecule has 7 N–H and O–H groups in total. The summed E-state index contributed by atoms with van der Waals surface area (Å²) in [5.41, 5.74) is 5.99. The third-order valence-electron chi connectivity index (χ3n) is 6.49. The second-order valence-corrected chi connectivity index (χ2v) is 11.5. The van der Waals surface area contributed by atoms with Crippen LogP contribution in [0.4, 0.5) is 5.69 Å². The number of aliphatic carboxylic acids is 2. The molecule has 4 atom stereocenters. The molecule has 0 aliphatic carbocycles. The highest BCUT2D eigenvalue weighted by atomic mass is 32.2. The summed E-state index contributed by atoms with van der Waals surface area (Å²) in [5.74, 6) is -3.89. The Hall–Kier alpha value is -4.35. The molecule has 1 aromatic carbocycles. The molecule has 2 amide bonds. The minimum Gasteiger partial charge on any atom is -0.481 e. The van der Waals surface area contributed by atoms with Gasteiger partial charge in [-0.15, -0.1) is 11.8 Å². The van der Waals surface area contributed by atoms with Crippen LogP contribution < -0.4 is 16.7 Å². The molecule has 0 saturated carbocycles. The third-order valence-corrected chi connectivity index (χ3v) is 9.06. The Morgan fingerprint density at radius 1 is 1.22 bits per heavy atom. The number of hydrogen-bond acceptors (Lipinski definition) is 11. The van der Waals surface area contributed by atoms with Gasteiger partial charge in [0.25, 0.3) is 11.8 Å². The molecule has 0 spiro atoms. The minimum absolute atomic E-state index is 0.0198. The lowest BCUT2D eigenvalue weighted by Gasteiger charge is -2.50. The molecule has 2 aromatic heterocycles. The lowest BCUT2D eigenvalue weighted by atomic mass is 9.99. The Morgan fingerprint density at radius 3 is 2.71 bits per heavy atom. The normalized spacial score (nSPS) is 19.8. The zero-order valence-corrected chi connectivity index (χ0v) is 22.6. The van der Waals surface area contributed by atoms with Crippen molar-refractivity contribution in [1.82, 2.24) is 30.0 Å². The van der Waals surface area contributed by atoms with Gasteiger partial charge in [-0.1, -0.05) is 23.9 Å². The van der Waals surface area contributed by atoms with E-state index in [0.717, 1.165) is 21.2 Å². The summed E-state index contributed by atoms with van der Waals surface area (Å²) < 4.78 is 1.03. The highest BCUT2D eigenvalue weighted by molar-refractivity contribution is 8.01. The van der Waals surface area contributed by atoms with Gasteiger partial charge in [0, 0.05) is 23.1 Å². The predicted octanol–water partition coefficient (Wildman–Crippen LogP) is -0.202. The molecule has 15 nitrogen and oxygen atoms in total. The molecule has 4 heterocycles. The Kier molecular flexibility index (Phi) is 7.74. The third kappa shape index (κ3) is 5.50. The average molecular weight is 602 g/mol. The van der Waals surface area contributed by atoms with Gasteiger partial charge in [0.05, 0.1) is 0 Å². The number of amides is 2. The van der Waals surface area contributed by atoms with Crippen LogP contribution in [0.25, 0.3) is 5.65 Å². The summed E-state index contributed by atoms with van der Waals surface area (Å²) in [4.78, 5) is 62.7. The van der Waals surface area contributed by atoms with Crippen LogP contribution in [0.3, 0.4) is 0 Å². The first-order chi connectivity index (χ1) is 19.5. The number of H-pyrrole nitrogens is 1. The van der Waals surface area contributed by atoms with Gasteiger partial charge in [0.2, 0.25) is 0 Å². The van der Waals surface area contributed by atoms with Gasteiger partial charge < -0.3 is 26.4 Å². The Morgan fingerprint density at radius 2 is 2.00 bits per heavy atom. The van der Waals surface area contributed by atoms with Gasteiger partial charge in [0.1, 0.15) is 22.1 Å². The first-order valence-corrected chi connectivity index (χ1v) is 14.1. The number of β-lactam (4-membered cyclic amide) rings is 1. The standard InChI is InChI=1S/C24H23N7O8S2/c25-11-3-1-2-10(8-11)19(34)20(35)26-17-21(36)30-18(23(37)38)12(9-40-22(17)30)13(4-7-16(32)33)41-15-6-5-14-27-28-24(39)31(14)29-15/h1-3,5-6,8,13,17,19,22,34H,4,7,9,25H2,(H,26,35)(H,28,39)(H,32,33)(H,37,38)/t13?,17?,19?,22-/m0/s1. The molecular formula is C24H23N7O8S2. The van der Waals surface area contributed by atoms with Crippen molar-refractivity contribution >= 4 is 58.6 Å². The Bertz CT molecular complexity index is 1650. The Labute approximate surface area is 238 Å². The number of anilines is 1. The van der Waals surface area contributed by atoms with E-state index in [4.69, 9.17) is 5.73 Å². The molecule has 0 radical (unpaired) electrons. The van der Waals surface area contributed by atoms with E-state index < -0.39 is 52.2 Å². The predicted molar refractivity (Wildman–Crippen MR) is 146 cm³/mol. The van der Waals surface area contributed by atoms with E-state index in [-0.39, 0.29) is 35.5 Å². The number of carbonyl (C=O) groups excluding carboxylic acids is 2. The summed E-state index contributed by atoms with van der Waals surface area (Å²) in [7, 11) is 0. The van der Waals surface area contributed by atoms with Gasteiger partial charge in [-0.2, -0.15) is 14.7 Å². The zero-order valence-electron chi connectivity index (χ0n) is 21.0. The number of carboxylic acids is 2. The van der Waals surface area contributed by atoms with Crippen molar-refractivity contribution in [1.29, 1.82) is 0 Å². The van der Waals surface area contributed by atoms with Crippen molar-refractivity contribution in [3.05, 3.63) is 63.7 Å². The van der Waals surface area contributed by atoms with Gasteiger partial charge in [-0.3, -0.25) is 19.3 Å². The summed E-state index contributed by atoms with van der Waals surface area (Å²) >= 11 is 2.27. The summed E-state index contributed by atoms with van der Waals surface area (Å²) in [6.45, 7) is 0. The molecule has 1 saturated heterocycles. The fourth-order valence-corrected chi connectivity index (χ4v) is 7.22. The molecule has 3 aromatic rings. The molecular weight excluding hydrogens is 578 g/mol. The molecule has 41 heavy (non-hydrogen) atoms.